The van der Waals surface area contributed by atoms with Crippen molar-refractivity contribution in [2.75, 3.05) is 18.1 Å². The summed E-state index contributed by atoms with van der Waals surface area (Å²) in [6.07, 6.45) is 6.55. The number of rotatable bonds is 6. The molecular weight excluding hydrogens is 471 g/mol. The largest absolute Gasteiger partial charge is 0.490 e. The highest BCUT2D eigenvalue weighted by atomic mass is 79.9. The third-order valence-electron chi connectivity index (χ3n) is 4.16. The molecule has 31 heavy (non-hydrogen) atoms. The molecule has 0 spiro atoms. The van der Waals surface area contributed by atoms with Gasteiger partial charge in [0, 0.05) is 4.47 Å². The number of carbonyl (C=O) groups is 3. The second-order valence-electron chi connectivity index (χ2n) is 6.18. The van der Waals surface area contributed by atoms with Crippen LogP contribution in [0.25, 0.3) is 6.08 Å². The van der Waals surface area contributed by atoms with Crippen LogP contribution in [-0.2, 0) is 9.59 Å². The van der Waals surface area contributed by atoms with Gasteiger partial charge in [-0.05, 0) is 55.0 Å². The van der Waals surface area contributed by atoms with Gasteiger partial charge in [0.05, 0.1) is 12.3 Å². The number of imide groups is 2. The molecule has 0 bridgehead atoms. The highest BCUT2D eigenvalue weighted by Crippen LogP contribution is 2.35. The first kappa shape index (κ1) is 22.1. The van der Waals surface area contributed by atoms with Gasteiger partial charge in [-0.1, -0.05) is 21.9 Å². The Kier molecular flexibility index (Phi) is 6.72. The molecule has 2 aromatic carbocycles. The number of barbiturate groups is 1. The summed E-state index contributed by atoms with van der Waals surface area (Å²) in [5.41, 5.74) is 0.266. The first-order valence-corrected chi connectivity index (χ1v) is 9.84. The van der Waals surface area contributed by atoms with Crippen molar-refractivity contribution in [3.8, 4) is 23.8 Å². The summed E-state index contributed by atoms with van der Waals surface area (Å²) >= 11 is 3.37. The van der Waals surface area contributed by atoms with Gasteiger partial charge in [0.2, 0.25) is 0 Å². The molecule has 0 unspecified atom stereocenters. The number of halogens is 2. The Hall–Kier alpha value is -3.64. The molecular formula is C22H16BrFN2O5. The van der Waals surface area contributed by atoms with Crippen LogP contribution in [0.1, 0.15) is 12.5 Å². The minimum atomic E-state index is -0.925. The topological polar surface area (TPSA) is 84.9 Å². The predicted molar refractivity (Wildman–Crippen MR) is 115 cm³/mol. The zero-order valence-corrected chi connectivity index (χ0v) is 17.9. The molecule has 9 heteroatoms. The smallest absolute Gasteiger partial charge is 0.335 e. The normalized spacial score (nSPS) is 15.0. The Morgan fingerprint density at radius 2 is 1.84 bits per heavy atom. The van der Waals surface area contributed by atoms with Crippen molar-refractivity contribution < 1.29 is 28.2 Å². The first-order chi connectivity index (χ1) is 14.8. The molecule has 1 heterocycles. The average Bonchev–Trinajstić information content (AvgIpc) is 2.73. The number of hydrogen-bond donors (Lipinski definition) is 1. The van der Waals surface area contributed by atoms with Gasteiger partial charge >= 0.3 is 6.03 Å². The minimum absolute atomic E-state index is 0.0303. The van der Waals surface area contributed by atoms with E-state index in [-0.39, 0.29) is 17.9 Å². The van der Waals surface area contributed by atoms with E-state index in [1.54, 1.807) is 19.1 Å². The summed E-state index contributed by atoms with van der Waals surface area (Å²) in [7, 11) is 0. The molecule has 1 aliphatic heterocycles. The Labute approximate surface area is 185 Å². The summed E-state index contributed by atoms with van der Waals surface area (Å²) in [4.78, 5) is 38.3. The van der Waals surface area contributed by atoms with Crippen molar-refractivity contribution >= 4 is 45.5 Å². The lowest BCUT2D eigenvalue weighted by Crippen LogP contribution is -2.54. The van der Waals surface area contributed by atoms with Crippen LogP contribution in [0.2, 0.25) is 0 Å². The summed E-state index contributed by atoms with van der Waals surface area (Å²) in [5, 5.41) is 2.11. The van der Waals surface area contributed by atoms with Crippen molar-refractivity contribution in [1.82, 2.24) is 5.32 Å². The number of nitrogens with zero attached hydrogens (tertiary/aromatic N) is 1. The van der Waals surface area contributed by atoms with Gasteiger partial charge in [0.25, 0.3) is 11.8 Å². The molecule has 4 amide bonds. The maximum atomic E-state index is 13.2. The number of urea groups is 1. The molecule has 2 aromatic rings. The number of hydrogen-bond acceptors (Lipinski definition) is 5. The Morgan fingerprint density at radius 1 is 1.16 bits per heavy atom. The third kappa shape index (κ3) is 4.75. The van der Waals surface area contributed by atoms with Gasteiger partial charge < -0.3 is 9.47 Å². The van der Waals surface area contributed by atoms with Crippen LogP contribution in [0.5, 0.6) is 11.5 Å². The van der Waals surface area contributed by atoms with E-state index in [1.165, 1.54) is 18.2 Å². The quantitative estimate of drug-likeness (QED) is 0.382. The summed E-state index contributed by atoms with van der Waals surface area (Å²) in [6.45, 7) is 2.16. The van der Waals surface area contributed by atoms with Crippen LogP contribution in [0, 0.1) is 18.2 Å². The van der Waals surface area contributed by atoms with Crippen molar-refractivity contribution in [1.29, 1.82) is 0 Å². The fourth-order valence-electron chi connectivity index (χ4n) is 2.80. The van der Waals surface area contributed by atoms with Crippen molar-refractivity contribution in [3.05, 3.63) is 57.8 Å². The van der Waals surface area contributed by atoms with Crippen molar-refractivity contribution in [2.45, 2.75) is 6.92 Å². The number of ether oxygens (including phenoxy) is 2. The minimum Gasteiger partial charge on any atom is -0.490 e. The number of nitrogens with one attached hydrogen (secondary N) is 1. The monoisotopic (exact) mass is 486 g/mol. The number of anilines is 1. The highest BCUT2D eigenvalue weighted by Gasteiger charge is 2.37. The molecule has 0 saturated carbocycles. The first-order valence-electron chi connectivity index (χ1n) is 9.05. The van der Waals surface area contributed by atoms with Crippen molar-refractivity contribution in [2.24, 2.45) is 0 Å². The second-order valence-corrected chi connectivity index (χ2v) is 7.03. The number of terminal acetylenes is 1. The van der Waals surface area contributed by atoms with Crippen LogP contribution in [0.15, 0.2) is 46.4 Å². The zero-order chi connectivity index (χ0) is 22.5. The van der Waals surface area contributed by atoms with E-state index in [0.29, 0.717) is 28.1 Å². The van der Waals surface area contributed by atoms with Gasteiger partial charge in [0.15, 0.2) is 11.5 Å². The number of benzene rings is 2. The molecule has 7 nitrogen and oxygen atoms in total. The SMILES string of the molecule is C#CCOc1cc(Br)c(/C=C2\C(=O)NC(=O)N(c3ccc(F)cc3)C2=O)cc1OCC. The van der Waals surface area contributed by atoms with E-state index in [1.807, 2.05) is 0 Å². The molecule has 3 rings (SSSR count). The maximum absolute atomic E-state index is 13.2. The van der Waals surface area contributed by atoms with E-state index >= 15 is 0 Å². The lowest BCUT2D eigenvalue weighted by molar-refractivity contribution is -0.122. The third-order valence-corrected chi connectivity index (χ3v) is 4.85. The lowest BCUT2D eigenvalue weighted by atomic mass is 10.1. The molecule has 0 aliphatic carbocycles. The van der Waals surface area contributed by atoms with Crippen LogP contribution in [-0.4, -0.2) is 31.1 Å². The number of carbonyl (C=O) groups excluding carboxylic acids is 3. The van der Waals surface area contributed by atoms with Crippen LogP contribution in [0.4, 0.5) is 14.9 Å². The highest BCUT2D eigenvalue weighted by molar-refractivity contribution is 9.10. The summed E-state index contributed by atoms with van der Waals surface area (Å²) in [6, 6.07) is 6.99. The fraction of sp³-hybridized carbons (Fsp3) is 0.136. The van der Waals surface area contributed by atoms with E-state index in [9.17, 15) is 18.8 Å². The van der Waals surface area contributed by atoms with Gasteiger partial charge in [-0.25, -0.2) is 14.1 Å². The van der Waals surface area contributed by atoms with Gasteiger partial charge in [-0.2, -0.15) is 0 Å². The Bertz CT molecular complexity index is 1120. The average molecular weight is 487 g/mol. The summed E-state index contributed by atoms with van der Waals surface area (Å²) < 4.78 is 24.7. The fourth-order valence-corrected chi connectivity index (χ4v) is 3.24. The maximum Gasteiger partial charge on any atom is 0.335 e. The van der Waals surface area contributed by atoms with Gasteiger partial charge in [-0.3, -0.25) is 14.9 Å². The number of amides is 4. The molecule has 1 N–H and O–H groups in total. The van der Waals surface area contributed by atoms with Gasteiger partial charge in [-0.15, -0.1) is 6.42 Å². The van der Waals surface area contributed by atoms with Crippen LogP contribution in [0.3, 0.4) is 0 Å². The lowest BCUT2D eigenvalue weighted by Gasteiger charge is -2.26. The molecule has 0 atom stereocenters. The molecule has 1 saturated heterocycles. The Morgan fingerprint density at radius 3 is 2.48 bits per heavy atom. The molecule has 0 aromatic heterocycles. The second kappa shape index (κ2) is 9.45. The zero-order valence-electron chi connectivity index (χ0n) is 16.3. The summed E-state index contributed by atoms with van der Waals surface area (Å²) in [5.74, 6) is 0.878. The Balaban J connectivity index is 2.02. The van der Waals surface area contributed by atoms with Gasteiger partial charge in [0.1, 0.15) is 18.0 Å². The van der Waals surface area contributed by atoms with E-state index in [0.717, 1.165) is 17.0 Å². The van der Waals surface area contributed by atoms with E-state index in [2.05, 4.69) is 27.2 Å². The van der Waals surface area contributed by atoms with Crippen molar-refractivity contribution in [3.63, 3.8) is 0 Å². The van der Waals surface area contributed by atoms with Crippen LogP contribution >= 0.6 is 15.9 Å². The molecule has 1 aliphatic rings. The van der Waals surface area contributed by atoms with E-state index < -0.39 is 23.7 Å². The predicted octanol–water partition coefficient (Wildman–Crippen LogP) is 3.67. The molecule has 158 valence electrons. The molecule has 0 radical (unpaired) electrons. The molecule has 1 fully saturated rings. The standard InChI is InChI=1S/C22H16BrFN2O5/c1-3-9-31-19-12-17(23)13(11-18(19)30-4-2)10-16-20(27)25-22(29)26(21(16)28)15-7-5-14(24)6-8-15/h1,5-8,10-12H,4,9H2,2H3,(H,25,27,29)/b16-10+. The van der Waals surface area contributed by atoms with Crippen LogP contribution < -0.4 is 19.7 Å². The van der Waals surface area contributed by atoms with E-state index in [4.69, 9.17) is 15.9 Å².